The Morgan fingerprint density at radius 1 is 1.44 bits per heavy atom. The fourth-order valence-electron chi connectivity index (χ4n) is 2.21. The van der Waals surface area contributed by atoms with Gasteiger partial charge in [0.05, 0.1) is 25.4 Å². The van der Waals surface area contributed by atoms with E-state index < -0.39 is 0 Å². The first kappa shape index (κ1) is 11.4. The first-order valence-electron chi connectivity index (χ1n) is 5.63. The van der Waals surface area contributed by atoms with Crippen molar-refractivity contribution in [3.05, 3.63) is 28.8 Å². The average molecular weight is 222 g/mol. The zero-order chi connectivity index (χ0) is 11.8. The Kier molecular flexibility index (Phi) is 2.91. The molecule has 2 rings (SSSR count). The summed E-state index contributed by atoms with van der Waals surface area (Å²) in [5.41, 5.74) is 2.75. The van der Waals surface area contributed by atoms with Crippen LogP contribution in [0.15, 0.2) is 12.1 Å². The summed E-state index contributed by atoms with van der Waals surface area (Å²) in [4.78, 5) is 0. The predicted octanol–water partition coefficient (Wildman–Crippen LogP) is 2.34. The zero-order valence-electron chi connectivity index (χ0n) is 10.0. The van der Waals surface area contributed by atoms with Gasteiger partial charge >= 0.3 is 0 Å². The van der Waals surface area contributed by atoms with Crippen LogP contribution in [0.4, 0.5) is 0 Å². The topological polar surface area (TPSA) is 38.7 Å². The van der Waals surface area contributed by atoms with Gasteiger partial charge in [0.15, 0.2) is 0 Å². The van der Waals surface area contributed by atoms with E-state index in [4.69, 9.17) is 9.47 Å². The Morgan fingerprint density at radius 2 is 2.19 bits per heavy atom. The molecule has 0 spiro atoms. The minimum atomic E-state index is -0.328. The van der Waals surface area contributed by atoms with E-state index in [0.29, 0.717) is 13.2 Å². The first-order chi connectivity index (χ1) is 7.60. The van der Waals surface area contributed by atoms with Gasteiger partial charge in [-0.3, -0.25) is 0 Å². The summed E-state index contributed by atoms with van der Waals surface area (Å²) in [5.74, 6) is 0.796. The van der Waals surface area contributed by atoms with Gasteiger partial charge in [-0.05, 0) is 26.3 Å². The number of ether oxygens (including phenoxy) is 2. The van der Waals surface area contributed by atoms with Crippen molar-refractivity contribution in [2.24, 2.45) is 0 Å². The van der Waals surface area contributed by atoms with E-state index in [9.17, 15) is 5.11 Å². The van der Waals surface area contributed by atoms with Crippen LogP contribution in [0.3, 0.4) is 0 Å². The van der Waals surface area contributed by atoms with Gasteiger partial charge < -0.3 is 14.6 Å². The maximum absolute atomic E-state index is 9.33. The molecule has 16 heavy (non-hydrogen) atoms. The van der Waals surface area contributed by atoms with Crippen molar-refractivity contribution in [3.63, 3.8) is 0 Å². The van der Waals surface area contributed by atoms with Crippen LogP contribution in [0.2, 0.25) is 0 Å². The van der Waals surface area contributed by atoms with Gasteiger partial charge in [0.25, 0.3) is 0 Å². The SMILES string of the molecule is CCOc1c(CO)ccc2c1C(C)(C)OC2. The monoisotopic (exact) mass is 222 g/mol. The first-order valence-corrected chi connectivity index (χ1v) is 5.63. The second-order valence-corrected chi connectivity index (χ2v) is 4.48. The molecule has 3 heteroatoms. The van der Waals surface area contributed by atoms with Gasteiger partial charge in [0.1, 0.15) is 5.75 Å². The van der Waals surface area contributed by atoms with Crippen molar-refractivity contribution in [2.45, 2.75) is 39.6 Å². The molecule has 0 atom stereocenters. The normalized spacial score (nSPS) is 17.2. The number of rotatable bonds is 3. The summed E-state index contributed by atoms with van der Waals surface area (Å²) in [6.45, 7) is 7.22. The molecule has 0 amide bonds. The van der Waals surface area contributed by atoms with Crippen molar-refractivity contribution in [1.29, 1.82) is 0 Å². The molecule has 0 aromatic heterocycles. The maximum atomic E-state index is 9.33. The van der Waals surface area contributed by atoms with Gasteiger partial charge in [-0.2, -0.15) is 0 Å². The highest BCUT2D eigenvalue weighted by Gasteiger charge is 2.35. The van der Waals surface area contributed by atoms with Crippen LogP contribution in [0.1, 0.15) is 37.5 Å². The highest BCUT2D eigenvalue weighted by molar-refractivity contribution is 5.50. The standard InChI is InChI=1S/C13H18O3/c1-4-15-12-9(7-14)5-6-10-8-16-13(2,3)11(10)12/h5-6,14H,4,7-8H2,1-3H3. The highest BCUT2D eigenvalue weighted by atomic mass is 16.5. The van der Waals surface area contributed by atoms with Crippen molar-refractivity contribution in [3.8, 4) is 5.75 Å². The molecule has 0 fully saturated rings. The molecule has 0 aliphatic carbocycles. The summed E-state index contributed by atoms with van der Waals surface area (Å²) < 4.78 is 11.4. The third kappa shape index (κ3) is 1.70. The average Bonchev–Trinajstić information content (AvgIpc) is 2.56. The van der Waals surface area contributed by atoms with Crippen LogP contribution < -0.4 is 4.74 Å². The molecular weight excluding hydrogens is 204 g/mol. The van der Waals surface area contributed by atoms with E-state index in [2.05, 4.69) is 0 Å². The molecule has 1 N–H and O–H groups in total. The zero-order valence-corrected chi connectivity index (χ0v) is 10.0. The molecular formula is C13H18O3. The lowest BCUT2D eigenvalue weighted by Gasteiger charge is -2.22. The molecule has 1 aromatic carbocycles. The van der Waals surface area contributed by atoms with Crippen LogP contribution in [0.5, 0.6) is 5.75 Å². The Balaban J connectivity index is 2.58. The van der Waals surface area contributed by atoms with Crippen LogP contribution in [0.25, 0.3) is 0 Å². The van der Waals surface area contributed by atoms with Gasteiger partial charge in [0, 0.05) is 11.1 Å². The Bertz CT molecular complexity index is 396. The molecule has 0 bridgehead atoms. The van der Waals surface area contributed by atoms with Crippen LogP contribution in [0, 0.1) is 0 Å². The fourth-order valence-corrected chi connectivity index (χ4v) is 2.21. The Morgan fingerprint density at radius 3 is 2.81 bits per heavy atom. The van der Waals surface area contributed by atoms with Crippen molar-refractivity contribution < 1.29 is 14.6 Å². The third-order valence-electron chi connectivity index (χ3n) is 2.98. The van der Waals surface area contributed by atoms with Gasteiger partial charge in [-0.15, -0.1) is 0 Å². The number of hydrogen-bond donors (Lipinski definition) is 1. The van der Waals surface area contributed by atoms with Crippen molar-refractivity contribution >= 4 is 0 Å². The summed E-state index contributed by atoms with van der Waals surface area (Å²) in [6, 6.07) is 3.92. The molecule has 3 nitrogen and oxygen atoms in total. The molecule has 0 saturated heterocycles. The van der Waals surface area contributed by atoms with Crippen LogP contribution in [-0.2, 0) is 23.6 Å². The Hall–Kier alpha value is -1.06. The Labute approximate surface area is 96.0 Å². The number of hydrogen-bond acceptors (Lipinski definition) is 3. The molecule has 0 unspecified atom stereocenters. The molecule has 1 aliphatic heterocycles. The largest absolute Gasteiger partial charge is 0.493 e. The van der Waals surface area contributed by atoms with E-state index in [0.717, 1.165) is 22.4 Å². The van der Waals surface area contributed by atoms with E-state index in [1.807, 2.05) is 32.9 Å². The summed E-state index contributed by atoms with van der Waals surface area (Å²) in [6.07, 6.45) is 0. The summed E-state index contributed by atoms with van der Waals surface area (Å²) >= 11 is 0. The molecule has 0 radical (unpaired) electrons. The number of benzene rings is 1. The van der Waals surface area contributed by atoms with Crippen molar-refractivity contribution in [1.82, 2.24) is 0 Å². The lowest BCUT2D eigenvalue weighted by molar-refractivity contribution is -0.00920. The van der Waals surface area contributed by atoms with Crippen molar-refractivity contribution in [2.75, 3.05) is 6.61 Å². The molecule has 88 valence electrons. The van der Waals surface area contributed by atoms with Crippen LogP contribution >= 0.6 is 0 Å². The minimum absolute atomic E-state index is 0.00130. The molecule has 1 aliphatic rings. The number of fused-ring (bicyclic) bond motifs is 1. The van der Waals surface area contributed by atoms with Crippen LogP contribution in [-0.4, -0.2) is 11.7 Å². The fraction of sp³-hybridized carbons (Fsp3) is 0.538. The van der Waals surface area contributed by atoms with E-state index in [-0.39, 0.29) is 12.2 Å². The van der Waals surface area contributed by atoms with Gasteiger partial charge in [-0.25, -0.2) is 0 Å². The minimum Gasteiger partial charge on any atom is -0.493 e. The summed E-state index contributed by atoms with van der Waals surface area (Å²) in [5, 5.41) is 9.33. The lowest BCUT2D eigenvalue weighted by atomic mass is 9.93. The predicted molar refractivity (Wildman–Crippen MR) is 61.3 cm³/mol. The lowest BCUT2D eigenvalue weighted by Crippen LogP contribution is -2.17. The summed E-state index contributed by atoms with van der Waals surface area (Å²) in [7, 11) is 0. The second kappa shape index (κ2) is 4.07. The molecule has 0 saturated carbocycles. The maximum Gasteiger partial charge on any atom is 0.131 e. The second-order valence-electron chi connectivity index (χ2n) is 4.48. The number of aliphatic hydroxyl groups is 1. The molecule has 1 aromatic rings. The van der Waals surface area contributed by atoms with E-state index in [1.165, 1.54) is 0 Å². The number of aliphatic hydroxyl groups excluding tert-OH is 1. The smallest absolute Gasteiger partial charge is 0.131 e. The molecule has 1 heterocycles. The van der Waals surface area contributed by atoms with E-state index >= 15 is 0 Å². The third-order valence-corrected chi connectivity index (χ3v) is 2.98. The van der Waals surface area contributed by atoms with Gasteiger partial charge in [0.2, 0.25) is 0 Å². The quantitative estimate of drug-likeness (QED) is 0.853. The van der Waals surface area contributed by atoms with E-state index in [1.54, 1.807) is 0 Å². The highest BCUT2D eigenvalue weighted by Crippen LogP contribution is 2.43. The van der Waals surface area contributed by atoms with Gasteiger partial charge in [-0.1, -0.05) is 12.1 Å².